The van der Waals surface area contributed by atoms with Gasteiger partial charge in [-0.05, 0) is 45.8 Å². The zero-order valence-electron chi connectivity index (χ0n) is 22.3. The zero-order valence-corrected chi connectivity index (χ0v) is 24.0. The molecule has 0 aromatic heterocycles. The van der Waals surface area contributed by atoms with Crippen LogP contribution in [0.1, 0.15) is 59.3 Å². The molecule has 0 aliphatic carbocycles. The summed E-state index contributed by atoms with van der Waals surface area (Å²) in [6.07, 6.45) is 3.18. The maximum atomic E-state index is 12.4. The van der Waals surface area contributed by atoms with Crippen LogP contribution in [-0.2, 0) is 33.6 Å². The Morgan fingerprint density at radius 2 is 1.50 bits per heavy atom. The van der Waals surface area contributed by atoms with Crippen molar-refractivity contribution in [3.8, 4) is 0 Å². The van der Waals surface area contributed by atoms with E-state index in [1.54, 1.807) is 19.6 Å². The third-order valence-corrected chi connectivity index (χ3v) is 7.05. The van der Waals surface area contributed by atoms with Crippen LogP contribution in [0.15, 0.2) is 0 Å². The molecule has 1 saturated heterocycles. The predicted octanol–water partition coefficient (Wildman–Crippen LogP) is -1.53. The molecular weight excluding hydrogens is 533 g/mol. The van der Waals surface area contributed by atoms with Crippen molar-refractivity contribution in [2.24, 2.45) is 0 Å². The molecule has 0 spiro atoms. The highest BCUT2D eigenvalue weighted by atomic mass is 32.2. The molecule has 1 heterocycles. The zero-order chi connectivity index (χ0) is 28.8. The molecule has 38 heavy (non-hydrogen) atoms. The fraction of sp³-hybridized carbons (Fsp3) is 0.696. The van der Waals surface area contributed by atoms with Crippen LogP contribution in [-0.4, -0.2) is 95.4 Å². The van der Waals surface area contributed by atoms with E-state index in [1.807, 2.05) is 0 Å². The lowest BCUT2D eigenvalue weighted by atomic mass is 9.97. The Morgan fingerprint density at radius 1 is 0.921 bits per heavy atom. The summed E-state index contributed by atoms with van der Waals surface area (Å²) in [5, 5.41) is 9.51. The van der Waals surface area contributed by atoms with Gasteiger partial charge in [-0.15, -0.1) is 11.8 Å². The molecule has 4 N–H and O–H groups in total. The molecule has 0 saturated carbocycles. The summed E-state index contributed by atoms with van der Waals surface area (Å²) in [6.45, 7) is 4.31. The van der Waals surface area contributed by atoms with E-state index < -0.39 is 52.9 Å². The minimum absolute atomic E-state index is 0.00834. The van der Waals surface area contributed by atoms with E-state index in [0.29, 0.717) is 12.3 Å². The number of thiol groups is 1. The van der Waals surface area contributed by atoms with Gasteiger partial charge in [-0.1, -0.05) is 6.42 Å². The molecule has 1 fully saturated rings. The van der Waals surface area contributed by atoms with Crippen molar-refractivity contribution in [3.05, 3.63) is 0 Å². The van der Waals surface area contributed by atoms with Crippen molar-refractivity contribution in [2.75, 3.05) is 18.2 Å². The van der Waals surface area contributed by atoms with Gasteiger partial charge in [0.15, 0.2) is 7.85 Å². The molecule has 212 valence electrons. The first-order valence-electron chi connectivity index (χ1n) is 12.6. The van der Waals surface area contributed by atoms with Crippen LogP contribution < -0.4 is 21.3 Å². The van der Waals surface area contributed by atoms with Gasteiger partial charge < -0.3 is 26.1 Å². The Hall–Kier alpha value is -2.55. The molecule has 6 amide bonds. The van der Waals surface area contributed by atoms with Crippen molar-refractivity contribution < 1.29 is 33.6 Å². The Balaban J connectivity index is 2.28. The summed E-state index contributed by atoms with van der Waals surface area (Å²) in [5.41, 5.74) is 0.186. The summed E-state index contributed by atoms with van der Waals surface area (Å²) in [7, 11) is 1.58. The number of hydrogen-bond acceptors (Lipinski definition) is 9. The monoisotopic (exact) mass is 571 g/mol. The van der Waals surface area contributed by atoms with E-state index in [0.717, 1.165) is 29.9 Å². The quantitative estimate of drug-likeness (QED) is 0.0461. The molecule has 1 aliphatic heterocycles. The topological polar surface area (TPSA) is 171 Å². The third kappa shape index (κ3) is 12.3. The van der Waals surface area contributed by atoms with Crippen LogP contribution in [0.2, 0.25) is 0 Å². The SMILES string of the molecule is BC(=O)CCCCCSCNC(=O)[C@H](C)NC(=O)[C@@H](C)NC(=O)[C@H](C)NC(=O)CCN1C(=O)CC(S)C1=O. The van der Waals surface area contributed by atoms with E-state index in [-0.39, 0.29) is 31.0 Å². The van der Waals surface area contributed by atoms with Gasteiger partial charge >= 0.3 is 0 Å². The first-order chi connectivity index (χ1) is 17.8. The van der Waals surface area contributed by atoms with Gasteiger partial charge in [-0.3, -0.25) is 33.7 Å². The Labute approximate surface area is 233 Å². The van der Waals surface area contributed by atoms with Crippen LogP contribution in [0.3, 0.4) is 0 Å². The minimum Gasteiger partial charge on any atom is -0.345 e. The number of hydrogen-bond donors (Lipinski definition) is 5. The number of carbonyl (C=O) groups is 7. The molecule has 15 heteroatoms. The average molecular weight is 572 g/mol. The van der Waals surface area contributed by atoms with Crippen molar-refractivity contribution in [1.82, 2.24) is 26.2 Å². The van der Waals surface area contributed by atoms with Crippen LogP contribution in [0, 0.1) is 0 Å². The Morgan fingerprint density at radius 3 is 2.05 bits per heavy atom. The van der Waals surface area contributed by atoms with Crippen molar-refractivity contribution >= 4 is 73.4 Å². The molecule has 1 unspecified atom stereocenters. The number of rotatable bonds is 17. The van der Waals surface area contributed by atoms with E-state index in [2.05, 4.69) is 33.9 Å². The van der Waals surface area contributed by atoms with Gasteiger partial charge in [0.1, 0.15) is 18.1 Å². The molecule has 1 rings (SSSR count). The van der Waals surface area contributed by atoms with Crippen molar-refractivity contribution in [2.45, 2.75) is 82.7 Å². The van der Waals surface area contributed by atoms with Gasteiger partial charge in [-0.2, -0.15) is 12.6 Å². The predicted molar refractivity (Wildman–Crippen MR) is 149 cm³/mol. The highest BCUT2D eigenvalue weighted by Crippen LogP contribution is 2.17. The normalized spacial score (nSPS) is 17.4. The molecular formula is C23H38BN5O7S2. The number of unbranched alkanes of at least 4 members (excludes halogenated alkanes) is 2. The standard InChI is InChI=1S/C23H38BN5O7S2/c1-13(20(33)25-12-38-10-6-4-5-7-17(24)30)27-22(35)15(3)28-21(34)14(2)26-18(31)8-9-29-19(32)11-16(37)23(29)36/h13-16,37H,4-12,24H2,1-3H3,(H,25,33)(H,26,31)(H,27,35)(H,28,34)/t13-,14-,15+,16?/m0/s1. The second kappa shape index (κ2) is 17.1. The van der Waals surface area contributed by atoms with E-state index in [1.165, 1.54) is 20.8 Å². The van der Waals surface area contributed by atoms with Crippen molar-refractivity contribution in [3.63, 3.8) is 0 Å². The van der Waals surface area contributed by atoms with Crippen LogP contribution in [0.4, 0.5) is 0 Å². The number of nitrogens with zero attached hydrogens (tertiary/aromatic N) is 1. The van der Waals surface area contributed by atoms with Gasteiger partial charge in [0, 0.05) is 19.4 Å². The molecule has 12 nitrogen and oxygen atoms in total. The lowest BCUT2D eigenvalue weighted by Gasteiger charge is -2.21. The molecule has 0 aromatic rings. The molecule has 4 atom stereocenters. The van der Waals surface area contributed by atoms with E-state index in [4.69, 9.17) is 0 Å². The number of imide groups is 1. The lowest BCUT2D eigenvalue weighted by molar-refractivity contribution is -0.139. The summed E-state index contributed by atoms with van der Waals surface area (Å²) in [4.78, 5) is 84.6. The first kappa shape index (κ1) is 33.5. The third-order valence-electron chi connectivity index (χ3n) is 5.72. The first-order valence-corrected chi connectivity index (χ1v) is 14.3. The molecule has 1 aliphatic rings. The van der Waals surface area contributed by atoms with Gasteiger partial charge in [0.2, 0.25) is 35.4 Å². The van der Waals surface area contributed by atoms with Crippen molar-refractivity contribution in [1.29, 1.82) is 0 Å². The summed E-state index contributed by atoms with van der Waals surface area (Å²) in [6, 6.07) is -2.75. The maximum absolute atomic E-state index is 12.4. The molecule has 0 bridgehead atoms. The van der Waals surface area contributed by atoms with Gasteiger partial charge in [-0.25, -0.2) is 0 Å². The smallest absolute Gasteiger partial charge is 0.242 e. The number of nitrogens with one attached hydrogen (secondary N) is 4. The van der Waals surface area contributed by atoms with E-state index in [9.17, 15) is 33.6 Å². The molecule has 0 radical (unpaired) electrons. The van der Waals surface area contributed by atoms with Gasteiger partial charge in [0.25, 0.3) is 0 Å². The van der Waals surface area contributed by atoms with Crippen LogP contribution in [0.5, 0.6) is 0 Å². The lowest BCUT2D eigenvalue weighted by Crippen LogP contribution is -2.54. The number of carbonyl (C=O) groups excluding carboxylic acids is 7. The largest absolute Gasteiger partial charge is 0.345 e. The second-order valence-corrected chi connectivity index (χ2v) is 10.9. The average Bonchev–Trinajstić information content (AvgIpc) is 3.08. The number of amides is 6. The Bertz CT molecular complexity index is 907. The summed E-state index contributed by atoms with van der Waals surface area (Å²) < 4.78 is 0. The fourth-order valence-corrected chi connectivity index (χ4v) is 4.50. The van der Waals surface area contributed by atoms with Crippen LogP contribution >= 0.6 is 24.4 Å². The Kier molecular flexibility index (Phi) is 15.1. The number of likely N-dealkylation sites (tertiary alicyclic amines) is 1. The molecule has 0 aromatic carbocycles. The fourth-order valence-electron chi connectivity index (χ4n) is 3.40. The van der Waals surface area contributed by atoms with Gasteiger partial charge in [0.05, 0.1) is 16.8 Å². The summed E-state index contributed by atoms with van der Waals surface area (Å²) in [5.74, 6) is -1.67. The highest BCUT2D eigenvalue weighted by Gasteiger charge is 2.36. The maximum Gasteiger partial charge on any atom is 0.242 e. The van der Waals surface area contributed by atoms with E-state index >= 15 is 0 Å². The summed E-state index contributed by atoms with van der Waals surface area (Å²) >= 11 is 5.57. The minimum atomic E-state index is -0.972. The van der Waals surface area contributed by atoms with Crippen LogP contribution in [0.25, 0.3) is 0 Å². The highest BCUT2D eigenvalue weighted by molar-refractivity contribution is 7.99. The number of thioether (sulfide) groups is 1. The second-order valence-electron chi connectivity index (χ2n) is 9.21.